The van der Waals surface area contributed by atoms with E-state index in [0.717, 1.165) is 43.8 Å². The molecule has 1 aliphatic carbocycles. The number of aliphatic imine (C=N–C) groups is 1. The van der Waals surface area contributed by atoms with E-state index in [4.69, 9.17) is 0 Å². The van der Waals surface area contributed by atoms with E-state index in [1.807, 2.05) is 13.0 Å². The molecular formula is C17H26FN3O. The van der Waals surface area contributed by atoms with Gasteiger partial charge < -0.3 is 15.7 Å². The first kappa shape index (κ1) is 16.7. The monoisotopic (exact) mass is 307 g/mol. The average molecular weight is 307 g/mol. The lowest BCUT2D eigenvalue weighted by molar-refractivity contribution is 0.120. The highest BCUT2D eigenvalue weighted by Gasteiger charge is 2.19. The summed E-state index contributed by atoms with van der Waals surface area (Å²) in [6.45, 7) is 5.00. The van der Waals surface area contributed by atoms with Crippen LogP contribution < -0.4 is 10.6 Å². The summed E-state index contributed by atoms with van der Waals surface area (Å²) >= 11 is 0. The summed E-state index contributed by atoms with van der Waals surface area (Å²) in [6.07, 6.45) is 3.41. The van der Waals surface area contributed by atoms with Crippen LogP contribution in [0.15, 0.2) is 23.2 Å². The van der Waals surface area contributed by atoms with Crippen molar-refractivity contribution >= 4 is 5.96 Å². The molecule has 0 bridgehead atoms. The maximum atomic E-state index is 13.6. The summed E-state index contributed by atoms with van der Waals surface area (Å²) in [5.74, 6) is 0.566. The van der Waals surface area contributed by atoms with Crippen LogP contribution in [0.5, 0.6) is 0 Å². The number of nitrogens with one attached hydrogen (secondary N) is 2. The zero-order valence-corrected chi connectivity index (χ0v) is 13.4. The van der Waals surface area contributed by atoms with Crippen molar-refractivity contribution in [1.82, 2.24) is 10.6 Å². The second-order valence-electron chi connectivity index (χ2n) is 5.93. The summed E-state index contributed by atoms with van der Waals surface area (Å²) in [7, 11) is 0. The Balaban J connectivity index is 1.95. The number of hydrogen-bond donors (Lipinski definition) is 3. The van der Waals surface area contributed by atoms with Crippen LogP contribution in [0.2, 0.25) is 0 Å². The van der Waals surface area contributed by atoms with E-state index >= 15 is 0 Å². The van der Waals surface area contributed by atoms with Crippen LogP contribution in [0.3, 0.4) is 0 Å². The van der Waals surface area contributed by atoms with Crippen LogP contribution in [0.1, 0.15) is 43.7 Å². The highest BCUT2D eigenvalue weighted by atomic mass is 19.1. The number of nitrogens with zero attached hydrogens (tertiary/aromatic N) is 1. The number of halogens is 1. The molecule has 0 heterocycles. The first-order valence-electron chi connectivity index (χ1n) is 8.06. The molecule has 0 spiro atoms. The molecular weight excluding hydrogens is 281 g/mol. The molecule has 0 aliphatic heterocycles. The fourth-order valence-electron chi connectivity index (χ4n) is 2.64. The lowest BCUT2D eigenvalue weighted by atomic mass is 9.93. The van der Waals surface area contributed by atoms with Gasteiger partial charge in [-0.05, 0) is 56.7 Å². The number of aliphatic hydroxyl groups excluding tert-OH is 1. The van der Waals surface area contributed by atoms with E-state index in [1.165, 1.54) is 0 Å². The summed E-state index contributed by atoms with van der Waals surface area (Å²) < 4.78 is 13.6. The van der Waals surface area contributed by atoms with Crippen molar-refractivity contribution < 1.29 is 9.50 Å². The first-order valence-corrected chi connectivity index (χ1v) is 8.06. The standard InChI is InChI=1S/C17H26FN3O/c1-3-19-17(21-14-6-8-15(22)9-7-14)20-11-13-5-4-12(2)16(18)10-13/h4-5,10,14-15,22H,3,6-9,11H2,1-2H3,(H2,19,20,21). The fourth-order valence-corrected chi connectivity index (χ4v) is 2.64. The van der Waals surface area contributed by atoms with Crippen molar-refractivity contribution in [2.45, 2.75) is 58.2 Å². The number of guanidine groups is 1. The minimum atomic E-state index is -0.188. The number of rotatable bonds is 4. The van der Waals surface area contributed by atoms with Gasteiger partial charge in [0.2, 0.25) is 0 Å². The molecule has 1 aromatic rings. The Labute approximate surface area is 131 Å². The van der Waals surface area contributed by atoms with Crippen molar-refractivity contribution in [3.63, 3.8) is 0 Å². The second kappa shape index (κ2) is 8.13. The maximum Gasteiger partial charge on any atom is 0.191 e. The quantitative estimate of drug-likeness (QED) is 0.592. The summed E-state index contributed by atoms with van der Waals surface area (Å²) in [5.41, 5.74) is 1.51. The van der Waals surface area contributed by atoms with E-state index in [0.29, 0.717) is 18.2 Å². The third kappa shape index (κ3) is 4.98. The zero-order valence-electron chi connectivity index (χ0n) is 13.4. The molecule has 0 unspecified atom stereocenters. The second-order valence-corrected chi connectivity index (χ2v) is 5.93. The average Bonchev–Trinajstić information content (AvgIpc) is 2.50. The summed E-state index contributed by atoms with van der Waals surface area (Å²) in [6, 6.07) is 5.57. The van der Waals surface area contributed by atoms with Gasteiger partial charge in [-0.2, -0.15) is 0 Å². The zero-order chi connectivity index (χ0) is 15.9. The van der Waals surface area contributed by atoms with E-state index < -0.39 is 0 Å². The molecule has 0 aromatic heterocycles. The van der Waals surface area contributed by atoms with Gasteiger partial charge >= 0.3 is 0 Å². The van der Waals surface area contributed by atoms with Crippen molar-refractivity contribution in [2.24, 2.45) is 4.99 Å². The Morgan fingerprint density at radius 2 is 2.05 bits per heavy atom. The van der Waals surface area contributed by atoms with Crippen molar-refractivity contribution in [2.75, 3.05) is 6.54 Å². The molecule has 0 atom stereocenters. The lowest BCUT2D eigenvalue weighted by Crippen LogP contribution is -2.45. The minimum absolute atomic E-state index is 0.159. The molecule has 0 radical (unpaired) electrons. The number of aryl methyl sites for hydroxylation is 1. The Morgan fingerprint density at radius 1 is 1.32 bits per heavy atom. The summed E-state index contributed by atoms with van der Waals surface area (Å²) in [4.78, 5) is 4.53. The number of benzene rings is 1. The molecule has 1 aliphatic rings. The Kier molecular flexibility index (Phi) is 6.19. The number of aliphatic hydroxyl groups is 1. The SMILES string of the molecule is CCNC(=NCc1ccc(C)c(F)c1)NC1CCC(O)CC1. The van der Waals surface area contributed by atoms with Gasteiger partial charge in [0.15, 0.2) is 5.96 Å². The van der Waals surface area contributed by atoms with Gasteiger partial charge in [-0.1, -0.05) is 12.1 Å². The van der Waals surface area contributed by atoms with Gasteiger partial charge in [0.1, 0.15) is 5.82 Å². The highest BCUT2D eigenvalue weighted by molar-refractivity contribution is 5.80. The Morgan fingerprint density at radius 3 is 2.68 bits per heavy atom. The van der Waals surface area contributed by atoms with E-state index in [9.17, 15) is 9.50 Å². The molecule has 1 saturated carbocycles. The first-order chi connectivity index (χ1) is 10.6. The van der Waals surface area contributed by atoms with E-state index in [1.54, 1.807) is 19.1 Å². The molecule has 4 nitrogen and oxygen atoms in total. The van der Waals surface area contributed by atoms with Crippen molar-refractivity contribution in [3.8, 4) is 0 Å². The van der Waals surface area contributed by atoms with Gasteiger partial charge in [0.05, 0.1) is 12.6 Å². The molecule has 3 N–H and O–H groups in total. The van der Waals surface area contributed by atoms with Gasteiger partial charge in [-0.3, -0.25) is 0 Å². The van der Waals surface area contributed by atoms with Crippen LogP contribution >= 0.6 is 0 Å². The van der Waals surface area contributed by atoms with Gasteiger partial charge in [0.25, 0.3) is 0 Å². The topological polar surface area (TPSA) is 56.7 Å². The molecule has 0 amide bonds. The van der Waals surface area contributed by atoms with E-state index in [2.05, 4.69) is 15.6 Å². The van der Waals surface area contributed by atoms with Crippen LogP contribution in [0.4, 0.5) is 4.39 Å². The molecule has 2 rings (SSSR count). The maximum absolute atomic E-state index is 13.6. The van der Waals surface area contributed by atoms with Crippen LogP contribution in [0, 0.1) is 12.7 Å². The largest absolute Gasteiger partial charge is 0.393 e. The van der Waals surface area contributed by atoms with E-state index in [-0.39, 0.29) is 11.9 Å². The fraction of sp³-hybridized carbons (Fsp3) is 0.588. The highest BCUT2D eigenvalue weighted by Crippen LogP contribution is 2.18. The molecule has 1 fully saturated rings. The smallest absolute Gasteiger partial charge is 0.191 e. The normalized spacial score (nSPS) is 22.5. The molecule has 122 valence electrons. The minimum Gasteiger partial charge on any atom is -0.393 e. The summed E-state index contributed by atoms with van der Waals surface area (Å²) in [5, 5.41) is 16.2. The van der Waals surface area contributed by atoms with Crippen LogP contribution in [-0.4, -0.2) is 29.8 Å². The molecule has 5 heteroatoms. The molecule has 1 aromatic carbocycles. The van der Waals surface area contributed by atoms with Gasteiger partial charge in [-0.15, -0.1) is 0 Å². The third-order valence-corrected chi connectivity index (χ3v) is 4.04. The lowest BCUT2D eigenvalue weighted by Gasteiger charge is -2.27. The van der Waals surface area contributed by atoms with Crippen molar-refractivity contribution in [3.05, 3.63) is 35.1 Å². The predicted octanol–water partition coefficient (Wildman–Crippen LogP) is 2.49. The Hall–Kier alpha value is -1.62. The molecule has 22 heavy (non-hydrogen) atoms. The van der Waals surface area contributed by atoms with Gasteiger partial charge in [0, 0.05) is 12.6 Å². The Bertz CT molecular complexity index is 511. The third-order valence-electron chi connectivity index (χ3n) is 4.04. The van der Waals surface area contributed by atoms with Crippen molar-refractivity contribution in [1.29, 1.82) is 0 Å². The van der Waals surface area contributed by atoms with Crippen LogP contribution in [-0.2, 0) is 6.54 Å². The van der Waals surface area contributed by atoms with Gasteiger partial charge in [-0.25, -0.2) is 9.38 Å². The molecule has 0 saturated heterocycles. The van der Waals surface area contributed by atoms with Crippen LogP contribution in [0.25, 0.3) is 0 Å². The number of hydrogen-bond acceptors (Lipinski definition) is 2. The predicted molar refractivity (Wildman–Crippen MR) is 87.4 cm³/mol.